The molecule has 0 unspecified atom stereocenters. The van der Waals surface area contributed by atoms with Crippen LogP contribution in [0.1, 0.15) is 42.5 Å². The summed E-state index contributed by atoms with van der Waals surface area (Å²) < 4.78 is 44.7. The van der Waals surface area contributed by atoms with Crippen LogP contribution in [0, 0.1) is 0 Å². The van der Waals surface area contributed by atoms with Crippen LogP contribution in [0.3, 0.4) is 0 Å². The molecule has 0 saturated carbocycles. The van der Waals surface area contributed by atoms with Gasteiger partial charge in [0.15, 0.2) is 5.13 Å². The van der Waals surface area contributed by atoms with Gasteiger partial charge in [0.1, 0.15) is 5.76 Å². The fourth-order valence-corrected chi connectivity index (χ4v) is 4.04. The highest BCUT2D eigenvalue weighted by Gasteiger charge is 2.30. The number of carbonyl (C=O) groups excluding carboxylic acids is 1. The zero-order valence-electron chi connectivity index (χ0n) is 16.1. The van der Waals surface area contributed by atoms with Crippen molar-refractivity contribution < 1.29 is 22.4 Å². The summed E-state index contributed by atoms with van der Waals surface area (Å²) in [6, 6.07) is 4.75. The fourth-order valence-electron chi connectivity index (χ4n) is 2.31. The number of thioether (sulfide) groups is 1. The molecule has 0 fully saturated rings. The first kappa shape index (κ1) is 22.1. The van der Waals surface area contributed by atoms with E-state index in [1.54, 1.807) is 12.4 Å². The summed E-state index contributed by atoms with van der Waals surface area (Å²) >= 11 is 2.77. The van der Waals surface area contributed by atoms with Crippen molar-refractivity contribution in [1.29, 1.82) is 0 Å². The molecule has 1 aromatic carbocycles. The van der Waals surface area contributed by atoms with Crippen LogP contribution in [0.5, 0.6) is 0 Å². The molecule has 0 spiro atoms. The molecule has 0 saturated heterocycles. The molecule has 1 N–H and O–H groups in total. The van der Waals surface area contributed by atoms with Crippen LogP contribution >= 0.6 is 23.1 Å². The molecule has 0 radical (unpaired) electrons. The number of anilines is 1. The Kier molecular flexibility index (Phi) is 6.99. The van der Waals surface area contributed by atoms with E-state index >= 15 is 0 Å². The van der Waals surface area contributed by atoms with Gasteiger partial charge in [-0.15, -0.1) is 11.8 Å². The van der Waals surface area contributed by atoms with Gasteiger partial charge >= 0.3 is 6.18 Å². The second-order valence-electron chi connectivity index (χ2n) is 6.53. The maximum absolute atomic E-state index is 12.7. The first-order chi connectivity index (χ1) is 14.2. The van der Waals surface area contributed by atoms with Gasteiger partial charge in [-0.1, -0.05) is 37.3 Å². The average molecular weight is 454 g/mol. The monoisotopic (exact) mass is 453 g/mol. The zero-order chi connectivity index (χ0) is 21.7. The van der Waals surface area contributed by atoms with Crippen molar-refractivity contribution in [3.8, 4) is 0 Å². The Morgan fingerprint density at radius 3 is 2.80 bits per heavy atom. The number of oxazole rings is 1. The number of benzene rings is 1. The van der Waals surface area contributed by atoms with Crippen LogP contribution in [-0.2, 0) is 16.7 Å². The van der Waals surface area contributed by atoms with E-state index in [9.17, 15) is 18.0 Å². The number of nitrogens with zero attached hydrogens (tertiary/aromatic N) is 2. The van der Waals surface area contributed by atoms with E-state index in [0.717, 1.165) is 22.1 Å². The van der Waals surface area contributed by atoms with Crippen molar-refractivity contribution in [2.24, 2.45) is 0 Å². The number of halogens is 3. The van der Waals surface area contributed by atoms with Crippen molar-refractivity contribution in [2.45, 2.75) is 35.9 Å². The molecule has 0 aliphatic rings. The lowest BCUT2D eigenvalue weighted by molar-refractivity contribution is -0.137. The SMILES string of the molecule is CC(C)c1cnc(CSc2cnc(NC(=O)C=Cc3cccc(C(F)(F)F)c3)s2)o1. The van der Waals surface area contributed by atoms with Gasteiger partial charge in [-0.3, -0.25) is 10.1 Å². The van der Waals surface area contributed by atoms with E-state index in [-0.39, 0.29) is 11.5 Å². The predicted octanol–water partition coefficient (Wildman–Crippen LogP) is 6.22. The summed E-state index contributed by atoms with van der Waals surface area (Å²) in [6.07, 6.45) is 1.42. The molecule has 0 atom stereocenters. The van der Waals surface area contributed by atoms with Crippen molar-refractivity contribution in [3.05, 3.63) is 65.5 Å². The molecular weight excluding hydrogens is 435 g/mol. The van der Waals surface area contributed by atoms with Crippen LogP contribution in [0.25, 0.3) is 6.08 Å². The van der Waals surface area contributed by atoms with Gasteiger partial charge in [0, 0.05) is 12.0 Å². The molecule has 0 aliphatic heterocycles. The number of hydrogen-bond donors (Lipinski definition) is 1. The number of alkyl halides is 3. The van der Waals surface area contributed by atoms with Crippen molar-refractivity contribution in [3.63, 3.8) is 0 Å². The van der Waals surface area contributed by atoms with Gasteiger partial charge in [-0.2, -0.15) is 13.2 Å². The summed E-state index contributed by atoms with van der Waals surface area (Å²) in [5, 5.41) is 3.00. The van der Waals surface area contributed by atoms with Crippen LogP contribution in [0.4, 0.5) is 18.3 Å². The lowest BCUT2D eigenvalue weighted by Gasteiger charge is -2.06. The molecule has 5 nitrogen and oxygen atoms in total. The van der Waals surface area contributed by atoms with Crippen molar-refractivity contribution >= 4 is 40.2 Å². The quantitative estimate of drug-likeness (QED) is 0.340. The molecule has 10 heteroatoms. The standard InChI is InChI=1S/C20H18F3N3O2S2/c1-12(2)15-9-24-17(28-15)11-29-18-10-25-19(30-18)26-16(27)7-6-13-4-3-5-14(8-13)20(21,22)23/h3-10,12H,11H2,1-2H3,(H,25,26,27). The summed E-state index contributed by atoms with van der Waals surface area (Å²) in [7, 11) is 0. The molecule has 0 aliphatic carbocycles. The van der Waals surface area contributed by atoms with E-state index < -0.39 is 17.6 Å². The van der Waals surface area contributed by atoms with E-state index in [1.807, 2.05) is 13.8 Å². The Labute approximate surface area is 179 Å². The summed E-state index contributed by atoms with van der Waals surface area (Å²) in [5.74, 6) is 1.78. The second kappa shape index (κ2) is 9.48. The largest absolute Gasteiger partial charge is 0.445 e. The number of aromatic nitrogens is 2. The second-order valence-corrected chi connectivity index (χ2v) is 8.84. The van der Waals surface area contributed by atoms with Gasteiger partial charge < -0.3 is 4.42 Å². The molecule has 1 amide bonds. The van der Waals surface area contributed by atoms with Crippen molar-refractivity contribution in [1.82, 2.24) is 9.97 Å². The van der Waals surface area contributed by atoms with Gasteiger partial charge in [0.25, 0.3) is 0 Å². The molecule has 3 rings (SSSR count). The number of amides is 1. The Morgan fingerprint density at radius 2 is 2.10 bits per heavy atom. The van der Waals surface area contributed by atoms with Crippen LogP contribution in [-0.4, -0.2) is 15.9 Å². The summed E-state index contributed by atoms with van der Waals surface area (Å²) in [4.78, 5) is 20.4. The lowest BCUT2D eigenvalue weighted by atomic mass is 10.1. The maximum Gasteiger partial charge on any atom is 0.416 e. The van der Waals surface area contributed by atoms with E-state index in [2.05, 4.69) is 15.3 Å². The number of thiazole rings is 1. The van der Waals surface area contributed by atoms with Gasteiger partial charge in [-0.25, -0.2) is 9.97 Å². The normalized spacial score (nSPS) is 12.1. The number of carbonyl (C=O) groups is 1. The third kappa shape index (κ3) is 6.20. The molecule has 0 bridgehead atoms. The molecular formula is C20H18F3N3O2S2. The Hall–Kier alpha value is -2.59. The maximum atomic E-state index is 12.7. The Bertz CT molecular complexity index is 1040. The minimum atomic E-state index is -4.43. The van der Waals surface area contributed by atoms with Gasteiger partial charge in [-0.05, 0) is 23.8 Å². The van der Waals surface area contributed by atoms with E-state index in [4.69, 9.17) is 4.42 Å². The van der Waals surface area contributed by atoms with Crippen molar-refractivity contribution in [2.75, 3.05) is 5.32 Å². The van der Waals surface area contributed by atoms with Gasteiger partial charge in [0.05, 0.1) is 27.9 Å². The number of hydrogen-bond acceptors (Lipinski definition) is 6. The predicted molar refractivity (Wildman–Crippen MR) is 111 cm³/mol. The molecule has 3 aromatic rings. The summed E-state index contributed by atoms with van der Waals surface area (Å²) in [6.45, 7) is 4.05. The molecule has 158 valence electrons. The summed E-state index contributed by atoms with van der Waals surface area (Å²) in [5.41, 5.74) is -0.486. The first-order valence-corrected chi connectivity index (χ1v) is 10.7. The topological polar surface area (TPSA) is 68.0 Å². The zero-order valence-corrected chi connectivity index (χ0v) is 17.7. The Balaban J connectivity index is 1.53. The fraction of sp³-hybridized carbons (Fsp3) is 0.250. The molecule has 2 heterocycles. The number of rotatable bonds is 7. The molecule has 30 heavy (non-hydrogen) atoms. The van der Waals surface area contributed by atoms with Crippen LogP contribution in [0.2, 0.25) is 0 Å². The van der Waals surface area contributed by atoms with E-state index in [0.29, 0.717) is 16.8 Å². The first-order valence-electron chi connectivity index (χ1n) is 8.90. The van der Waals surface area contributed by atoms with E-state index in [1.165, 1.54) is 47.4 Å². The average Bonchev–Trinajstić information content (AvgIpc) is 3.34. The number of nitrogens with one attached hydrogen (secondary N) is 1. The van der Waals surface area contributed by atoms with Crippen LogP contribution in [0.15, 0.2) is 51.4 Å². The highest BCUT2D eigenvalue weighted by Crippen LogP contribution is 2.31. The smallest absolute Gasteiger partial charge is 0.416 e. The molecule has 2 aromatic heterocycles. The Morgan fingerprint density at radius 1 is 1.30 bits per heavy atom. The van der Waals surface area contributed by atoms with Gasteiger partial charge in [0.2, 0.25) is 11.8 Å². The minimum absolute atomic E-state index is 0.269. The van der Waals surface area contributed by atoms with Crippen LogP contribution < -0.4 is 5.32 Å². The highest BCUT2D eigenvalue weighted by atomic mass is 32.2. The third-order valence-corrected chi connectivity index (χ3v) is 5.93. The minimum Gasteiger partial charge on any atom is -0.445 e. The lowest BCUT2D eigenvalue weighted by Crippen LogP contribution is -2.07. The highest BCUT2D eigenvalue weighted by molar-refractivity contribution is 8.00. The third-order valence-electron chi connectivity index (χ3n) is 3.83.